The van der Waals surface area contributed by atoms with E-state index in [1.807, 2.05) is 13.8 Å². The molecule has 16 heavy (non-hydrogen) atoms. The zero-order valence-electron chi connectivity index (χ0n) is 9.47. The summed E-state index contributed by atoms with van der Waals surface area (Å²) in [5.74, 6) is 0.683. The molecule has 0 saturated carbocycles. The summed E-state index contributed by atoms with van der Waals surface area (Å²) < 4.78 is 29.1. The normalized spacial score (nSPS) is 14.0. The third-order valence-electron chi connectivity index (χ3n) is 2.26. The van der Waals surface area contributed by atoms with E-state index in [2.05, 4.69) is 4.98 Å². The molecule has 0 fully saturated rings. The Morgan fingerprint density at radius 1 is 1.62 bits per heavy atom. The molecule has 1 unspecified atom stereocenters. The molecule has 0 aliphatic heterocycles. The molecule has 0 radical (unpaired) electrons. The van der Waals surface area contributed by atoms with Crippen LogP contribution in [0.3, 0.4) is 0 Å². The average molecular weight is 267 g/mol. The van der Waals surface area contributed by atoms with E-state index in [9.17, 15) is 8.42 Å². The number of nitrogens with zero attached hydrogens (tertiary/aromatic N) is 2. The van der Waals surface area contributed by atoms with Gasteiger partial charge < -0.3 is 9.30 Å². The average Bonchev–Trinajstić information content (AvgIpc) is 2.60. The number of aryl methyl sites for hydroxylation is 1. The van der Waals surface area contributed by atoms with Crippen LogP contribution in [0, 0.1) is 0 Å². The molecule has 0 N–H and O–H groups in total. The molecule has 0 amide bonds. The lowest BCUT2D eigenvalue weighted by atomic mass is 10.4. The summed E-state index contributed by atoms with van der Waals surface area (Å²) in [5.41, 5.74) is 0. The van der Waals surface area contributed by atoms with Crippen molar-refractivity contribution in [3.63, 3.8) is 0 Å². The minimum atomic E-state index is -3.76. The molecule has 0 spiro atoms. The second kappa shape index (κ2) is 5.16. The number of methoxy groups -OCH3 is 1. The molecule has 1 rings (SSSR count). The van der Waals surface area contributed by atoms with Gasteiger partial charge in [0.05, 0.1) is 6.10 Å². The lowest BCUT2D eigenvalue weighted by Crippen LogP contribution is -2.15. The standard InChI is InChI=1S/C9H15ClN2O3S/c1-4-8-11-9(16(10,13)14)6-12(8)5-7(2)15-3/h6-7H,4-5H2,1-3H3. The van der Waals surface area contributed by atoms with Crippen LogP contribution in [0.25, 0.3) is 0 Å². The second-order valence-electron chi connectivity index (χ2n) is 3.49. The molecular weight excluding hydrogens is 252 g/mol. The number of hydrogen-bond acceptors (Lipinski definition) is 4. The van der Waals surface area contributed by atoms with Crippen LogP contribution < -0.4 is 0 Å². The van der Waals surface area contributed by atoms with E-state index >= 15 is 0 Å². The van der Waals surface area contributed by atoms with Gasteiger partial charge in [0.1, 0.15) is 5.82 Å². The molecule has 0 aliphatic rings. The van der Waals surface area contributed by atoms with Gasteiger partial charge >= 0.3 is 0 Å². The molecule has 0 aliphatic carbocycles. The van der Waals surface area contributed by atoms with Crippen LogP contribution in [0.5, 0.6) is 0 Å². The largest absolute Gasteiger partial charge is 0.380 e. The van der Waals surface area contributed by atoms with Crippen LogP contribution in [0.4, 0.5) is 0 Å². The monoisotopic (exact) mass is 266 g/mol. The number of imidazole rings is 1. The molecule has 1 aromatic heterocycles. The Morgan fingerprint density at radius 2 is 2.25 bits per heavy atom. The van der Waals surface area contributed by atoms with Crippen LogP contribution in [-0.4, -0.2) is 31.2 Å². The van der Waals surface area contributed by atoms with E-state index in [0.29, 0.717) is 18.8 Å². The van der Waals surface area contributed by atoms with Gasteiger partial charge in [0, 0.05) is 37.0 Å². The van der Waals surface area contributed by atoms with Crippen molar-refractivity contribution in [2.45, 2.75) is 37.9 Å². The van der Waals surface area contributed by atoms with E-state index in [0.717, 1.165) is 0 Å². The first-order chi connectivity index (χ1) is 7.38. The lowest BCUT2D eigenvalue weighted by Gasteiger charge is -2.11. The van der Waals surface area contributed by atoms with Gasteiger partial charge in [-0.15, -0.1) is 0 Å². The number of aromatic nitrogens is 2. The Kier molecular flexibility index (Phi) is 4.35. The Bertz CT molecular complexity index is 455. The molecule has 7 heteroatoms. The van der Waals surface area contributed by atoms with Gasteiger partial charge in [-0.2, -0.15) is 0 Å². The van der Waals surface area contributed by atoms with Crippen LogP contribution in [0.2, 0.25) is 0 Å². The van der Waals surface area contributed by atoms with E-state index in [1.54, 1.807) is 11.7 Å². The van der Waals surface area contributed by atoms with Crippen molar-refractivity contribution >= 4 is 19.7 Å². The van der Waals surface area contributed by atoms with Crippen molar-refractivity contribution < 1.29 is 13.2 Å². The highest BCUT2D eigenvalue weighted by Crippen LogP contribution is 2.15. The van der Waals surface area contributed by atoms with E-state index < -0.39 is 9.05 Å². The molecule has 0 bridgehead atoms. The smallest absolute Gasteiger partial charge is 0.280 e. The summed E-state index contributed by atoms with van der Waals surface area (Å²) in [6.45, 7) is 4.36. The van der Waals surface area contributed by atoms with E-state index in [-0.39, 0.29) is 11.1 Å². The summed E-state index contributed by atoms with van der Waals surface area (Å²) in [4.78, 5) is 3.97. The number of halogens is 1. The summed E-state index contributed by atoms with van der Waals surface area (Å²) >= 11 is 0. The topological polar surface area (TPSA) is 61.2 Å². The molecule has 1 atom stereocenters. The first-order valence-electron chi connectivity index (χ1n) is 4.92. The summed E-state index contributed by atoms with van der Waals surface area (Å²) in [6, 6.07) is 0. The van der Waals surface area contributed by atoms with Crippen molar-refractivity contribution in [1.82, 2.24) is 9.55 Å². The van der Waals surface area contributed by atoms with Crippen molar-refractivity contribution in [3.05, 3.63) is 12.0 Å². The zero-order chi connectivity index (χ0) is 12.3. The highest BCUT2D eigenvalue weighted by molar-refractivity contribution is 8.13. The van der Waals surface area contributed by atoms with Crippen molar-refractivity contribution in [2.24, 2.45) is 0 Å². The summed E-state index contributed by atoms with van der Waals surface area (Å²) in [6.07, 6.45) is 2.07. The third kappa shape index (κ3) is 3.20. The van der Waals surface area contributed by atoms with Gasteiger partial charge in [0.15, 0.2) is 5.03 Å². The van der Waals surface area contributed by atoms with Crippen LogP contribution in [-0.2, 0) is 26.8 Å². The Balaban J connectivity index is 3.05. The van der Waals surface area contributed by atoms with E-state index in [1.165, 1.54) is 6.20 Å². The van der Waals surface area contributed by atoms with Crippen molar-refractivity contribution in [1.29, 1.82) is 0 Å². The summed E-state index contributed by atoms with van der Waals surface area (Å²) in [7, 11) is 3.08. The fraction of sp³-hybridized carbons (Fsp3) is 0.667. The van der Waals surface area contributed by atoms with Gasteiger partial charge in [-0.25, -0.2) is 13.4 Å². The van der Waals surface area contributed by atoms with Crippen molar-refractivity contribution in [2.75, 3.05) is 7.11 Å². The zero-order valence-corrected chi connectivity index (χ0v) is 11.0. The van der Waals surface area contributed by atoms with Gasteiger partial charge in [-0.1, -0.05) is 6.92 Å². The first kappa shape index (κ1) is 13.5. The summed E-state index contributed by atoms with van der Waals surface area (Å²) in [5, 5.41) is -0.102. The SMILES string of the molecule is CCc1nc(S(=O)(=O)Cl)cn1CC(C)OC. The predicted octanol–water partition coefficient (Wildman–Crippen LogP) is 1.41. The number of hydrogen-bond donors (Lipinski definition) is 0. The van der Waals surface area contributed by atoms with Crippen molar-refractivity contribution in [3.8, 4) is 0 Å². The molecule has 5 nitrogen and oxygen atoms in total. The minimum absolute atomic E-state index is 0.00891. The van der Waals surface area contributed by atoms with E-state index in [4.69, 9.17) is 15.4 Å². The van der Waals surface area contributed by atoms with Gasteiger partial charge in [-0.3, -0.25) is 0 Å². The second-order valence-corrected chi connectivity index (χ2v) is 6.00. The van der Waals surface area contributed by atoms with Gasteiger partial charge in [0.25, 0.3) is 9.05 Å². The Hall–Kier alpha value is -0.590. The predicted molar refractivity (Wildman–Crippen MR) is 61.1 cm³/mol. The third-order valence-corrected chi connectivity index (χ3v) is 3.43. The number of rotatable bonds is 5. The molecular formula is C9H15ClN2O3S. The Morgan fingerprint density at radius 3 is 2.69 bits per heavy atom. The quantitative estimate of drug-likeness (QED) is 0.756. The molecule has 1 aromatic rings. The van der Waals surface area contributed by atoms with Gasteiger partial charge in [-0.05, 0) is 6.92 Å². The minimum Gasteiger partial charge on any atom is -0.380 e. The maximum Gasteiger partial charge on any atom is 0.280 e. The maximum absolute atomic E-state index is 11.1. The molecule has 0 saturated heterocycles. The first-order valence-corrected chi connectivity index (χ1v) is 7.23. The highest BCUT2D eigenvalue weighted by Gasteiger charge is 2.17. The fourth-order valence-electron chi connectivity index (χ4n) is 1.34. The Labute approximate surface area is 99.8 Å². The van der Waals surface area contributed by atoms with Crippen LogP contribution in [0.15, 0.2) is 11.2 Å². The van der Waals surface area contributed by atoms with Gasteiger partial charge in [0.2, 0.25) is 0 Å². The lowest BCUT2D eigenvalue weighted by molar-refractivity contribution is 0.102. The highest BCUT2D eigenvalue weighted by atomic mass is 35.7. The molecule has 0 aromatic carbocycles. The van der Waals surface area contributed by atoms with Crippen LogP contribution >= 0.6 is 10.7 Å². The molecule has 92 valence electrons. The fourth-order valence-corrected chi connectivity index (χ4v) is 2.03. The maximum atomic E-state index is 11.1. The van der Waals surface area contributed by atoms with Crippen LogP contribution in [0.1, 0.15) is 19.7 Å². The molecule has 1 heterocycles. The number of ether oxygens (including phenoxy) is 1.